The van der Waals surface area contributed by atoms with Crippen LogP contribution in [0.2, 0.25) is 0 Å². The monoisotopic (exact) mass is 271 g/mol. The largest absolute Gasteiger partial charge is 0.478 e. The second-order valence-electron chi connectivity index (χ2n) is 5.23. The van der Waals surface area contributed by atoms with E-state index in [1.165, 1.54) is 45.1 Å². The summed E-state index contributed by atoms with van der Waals surface area (Å²) in [7, 11) is 4.29. The fourth-order valence-corrected chi connectivity index (χ4v) is 1.62. The second kappa shape index (κ2) is 15.2. The van der Waals surface area contributed by atoms with E-state index in [9.17, 15) is 4.79 Å². The first-order chi connectivity index (χ1) is 8.95. The van der Waals surface area contributed by atoms with Gasteiger partial charge in [0.15, 0.2) is 0 Å². The molecule has 0 heterocycles. The van der Waals surface area contributed by atoms with Crippen molar-refractivity contribution in [3.63, 3.8) is 0 Å². The van der Waals surface area contributed by atoms with Gasteiger partial charge in [-0.2, -0.15) is 0 Å². The van der Waals surface area contributed by atoms with Crippen molar-refractivity contribution in [2.75, 3.05) is 20.6 Å². The summed E-state index contributed by atoms with van der Waals surface area (Å²) in [5.41, 5.74) is 0.299. The average Bonchev–Trinajstić information content (AvgIpc) is 2.34. The molecule has 0 saturated heterocycles. The Morgan fingerprint density at radius 1 is 1.00 bits per heavy atom. The molecule has 0 aliphatic carbocycles. The van der Waals surface area contributed by atoms with Gasteiger partial charge in [-0.15, -0.1) is 0 Å². The molecule has 3 nitrogen and oxygen atoms in total. The van der Waals surface area contributed by atoms with Crippen molar-refractivity contribution in [1.29, 1.82) is 0 Å². The van der Waals surface area contributed by atoms with Crippen molar-refractivity contribution in [2.45, 2.75) is 65.2 Å². The molecule has 0 fully saturated rings. The van der Waals surface area contributed by atoms with E-state index < -0.39 is 5.97 Å². The van der Waals surface area contributed by atoms with Crippen molar-refractivity contribution < 1.29 is 9.90 Å². The van der Waals surface area contributed by atoms with Crippen LogP contribution in [0.3, 0.4) is 0 Å². The first-order valence-electron chi connectivity index (χ1n) is 7.51. The molecule has 0 rings (SSSR count). The van der Waals surface area contributed by atoms with E-state index in [0.29, 0.717) is 12.0 Å². The van der Waals surface area contributed by atoms with Crippen molar-refractivity contribution >= 4 is 5.97 Å². The summed E-state index contributed by atoms with van der Waals surface area (Å²) < 4.78 is 0. The zero-order valence-electron chi connectivity index (χ0n) is 13.4. The number of rotatable bonds is 10. The Balaban J connectivity index is 0. The lowest BCUT2D eigenvalue weighted by atomic mass is 10.1. The minimum atomic E-state index is -0.883. The Bertz CT molecular complexity index is 225. The first kappa shape index (κ1) is 20.5. The molecule has 0 aliphatic heterocycles. The molecular formula is C16H33NO2. The summed E-state index contributed by atoms with van der Waals surface area (Å²) in [6, 6.07) is 0. The summed E-state index contributed by atoms with van der Waals surface area (Å²) in [5, 5.41) is 8.21. The van der Waals surface area contributed by atoms with E-state index in [1.54, 1.807) is 0 Å². The van der Waals surface area contributed by atoms with Gasteiger partial charge in [-0.3, -0.25) is 0 Å². The highest BCUT2D eigenvalue weighted by atomic mass is 16.4. The molecule has 0 aliphatic rings. The normalized spacial score (nSPS) is 9.95. The molecular weight excluding hydrogens is 238 g/mol. The number of carboxylic acids is 1. The van der Waals surface area contributed by atoms with Crippen molar-refractivity contribution in [2.24, 2.45) is 0 Å². The van der Waals surface area contributed by atoms with Gasteiger partial charge in [-0.05, 0) is 33.5 Å². The fourth-order valence-electron chi connectivity index (χ4n) is 1.62. The maximum Gasteiger partial charge on any atom is 0.330 e. The number of nitrogens with zero attached hydrogens (tertiary/aromatic N) is 1. The van der Waals surface area contributed by atoms with Crippen LogP contribution in [-0.2, 0) is 4.79 Å². The molecule has 0 amide bonds. The molecule has 3 heteroatoms. The number of unbranched alkanes of at least 4 members (excludes halogenated alkanes) is 5. The number of carboxylic acid groups (broad SMARTS) is 1. The molecule has 0 saturated carbocycles. The second-order valence-corrected chi connectivity index (χ2v) is 5.23. The SMILES string of the molecule is C=C(CCC)C(=O)O.CCCCCCCCN(C)C. The fraction of sp³-hybridized carbons (Fsp3) is 0.812. The Hall–Kier alpha value is -0.830. The summed E-state index contributed by atoms with van der Waals surface area (Å²) in [6.45, 7) is 8.79. The van der Waals surface area contributed by atoms with E-state index in [4.69, 9.17) is 5.11 Å². The van der Waals surface area contributed by atoms with Crippen molar-refractivity contribution in [3.05, 3.63) is 12.2 Å². The van der Waals surface area contributed by atoms with Gasteiger partial charge in [0.05, 0.1) is 0 Å². The third-order valence-electron chi connectivity index (χ3n) is 2.81. The average molecular weight is 271 g/mol. The van der Waals surface area contributed by atoms with Crippen LogP contribution >= 0.6 is 0 Å². The van der Waals surface area contributed by atoms with Crippen molar-refractivity contribution in [3.8, 4) is 0 Å². The van der Waals surface area contributed by atoms with E-state index in [0.717, 1.165) is 6.42 Å². The van der Waals surface area contributed by atoms with Gasteiger partial charge >= 0.3 is 5.97 Å². The Morgan fingerprint density at radius 2 is 1.53 bits per heavy atom. The minimum absolute atomic E-state index is 0.299. The van der Waals surface area contributed by atoms with Gasteiger partial charge in [0, 0.05) is 5.57 Å². The zero-order valence-corrected chi connectivity index (χ0v) is 13.4. The molecule has 0 bridgehead atoms. The highest BCUT2D eigenvalue weighted by Gasteiger charge is 1.99. The predicted molar refractivity (Wildman–Crippen MR) is 83.6 cm³/mol. The summed E-state index contributed by atoms with van der Waals surface area (Å²) in [6.07, 6.45) is 9.87. The Labute approximate surface area is 119 Å². The van der Waals surface area contributed by atoms with Crippen LogP contribution in [0.4, 0.5) is 0 Å². The number of hydrogen-bond donors (Lipinski definition) is 1. The van der Waals surface area contributed by atoms with Gasteiger partial charge in [-0.1, -0.05) is 59.0 Å². The van der Waals surface area contributed by atoms with E-state index in [-0.39, 0.29) is 0 Å². The topological polar surface area (TPSA) is 40.5 Å². The Morgan fingerprint density at radius 3 is 1.89 bits per heavy atom. The molecule has 1 N–H and O–H groups in total. The standard InChI is InChI=1S/C10H23N.C6H10O2/c1-4-5-6-7-8-9-10-11(2)3;1-3-4-5(2)6(7)8/h4-10H2,1-3H3;2-4H2,1H3,(H,7,8). The molecule has 0 unspecified atom stereocenters. The lowest BCUT2D eigenvalue weighted by Gasteiger charge is -2.08. The zero-order chi connectivity index (χ0) is 15.1. The van der Waals surface area contributed by atoms with Gasteiger partial charge in [-0.25, -0.2) is 4.79 Å². The first-order valence-corrected chi connectivity index (χ1v) is 7.51. The number of hydrogen-bond acceptors (Lipinski definition) is 2. The van der Waals surface area contributed by atoms with E-state index in [1.807, 2.05) is 6.92 Å². The smallest absolute Gasteiger partial charge is 0.330 e. The van der Waals surface area contributed by atoms with Crippen LogP contribution in [0.25, 0.3) is 0 Å². The van der Waals surface area contributed by atoms with Crippen LogP contribution in [-0.4, -0.2) is 36.6 Å². The van der Waals surface area contributed by atoms with Crippen LogP contribution in [0.1, 0.15) is 65.2 Å². The highest BCUT2D eigenvalue weighted by Crippen LogP contribution is 2.04. The lowest BCUT2D eigenvalue weighted by molar-refractivity contribution is -0.132. The molecule has 0 aromatic carbocycles. The maximum atomic E-state index is 9.99. The molecule has 19 heavy (non-hydrogen) atoms. The van der Waals surface area contributed by atoms with Gasteiger partial charge in [0.1, 0.15) is 0 Å². The molecule has 0 aromatic rings. The van der Waals surface area contributed by atoms with E-state index in [2.05, 4.69) is 32.5 Å². The van der Waals surface area contributed by atoms with Crippen LogP contribution < -0.4 is 0 Å². The quantitative estimate of drug-likeness (QED) is 0.475. The predicted octanol–water partition coefficient (Wildman–Crippen LogP) is 4.34. The third kappa shape index (κ3) is 19.7. The van der Waals surface area contributed by atoms with Crippen molar-refractivity contribution in [1.82, 2.24) is 4.90 Å². The molecule has 0 aromatic heterocycles. The van der Waals surface area contributed by atoms with E-state index >= 15 is 0 Å². The van der Waals surface area contributed by atoms with Crippen LogP contribution in [0.15, 0.2) is 12.2 Å². The van der Waals surface area contributed by atoms with Crippen LogP contribution in [0.5, 0.6) is 0 Å². The van der Waals surface area contributed by atoms with Gasteiger partial charge in [0.2, 0.25) is 0 Å². The van der Waals surface area contributed by atoms with Gasteiger partial charge in [0.25, 0.3) is 0 Å². The molecule has 0 spiro atoms. The molecule has 114 valence electrons. The van der Waals surface area contributed by atoms with Crippen LogP contribution in [0, 0.1) is 0 Å². The highest BCUT2D eigenvalue weighted by molar-refractivity contribution is 5.85. The number of carbonyl (C=O) groups is 1. The third-order valence-corrected chi connectivity index (χ3v) is 2.81. The van der Waals surface area contributed by atoms with Gasteiger partial charge < -0.3 is 10.0 Å². The summed E-state index contributed by atoms with van der Waals surface area (Å²) in [5.74, 6) is -0.883. The lowest BCUT2D eigenvalue weighted by Crippen LogP contribution is -2.12. The number of aliphatic carboxylic acids is 1. The summed E-state index contributed by atoms with van der Waals surface area (Å²) >= 11 is 0. The maximum absolute atomic E-state index is 9.99. The summed E-state index contributed by atoms with van der Waals surface area (Å²) in [4.78, 5) is 12.3. The minimum Gasteiger partial charge on any atom is -0.478 e. The molecule has 0 radical (unpaired) electrons. The molecule has 0 atom stereocenters. The Kier molecular flexibility index (Phi) is 16.4.